The third kappa shape index (κ3) is 4.40. The van der Waals surface area contributed by atoms with Crippen LogP contribution in [-0.4, -0.2) is 18.3 Å². The van der Waals surface area contributed by atoms with E-state index in [2.05, 4.69) is 4.74 Å². The van der Waals surface area contributed by atoms with Crippen LogP contribution in [0.15, 0.2) is 54.6 Å². The van der Waals surface area contributed by atoms with E-state index in [4.69, 9.17) is 0 Å². The molecule has 0 aliphatic rings. The van der Waals surface area contributed by atoms with Gasteiger partial charge in [0.25, 0.3) is 5.41 Å². The maximum Gasteiger partial charge on any atom is 0.414 e. The number of carbonyl (C=O) groups excluding carboxylic acids is 1. The Balaban J connectivity index is 2.37. The molecule has 0 aliphatic carbocycles. The number of carbonyl (C=O) groups is 1. The summed E-state index contributed by atoms with van der Waals surface area (Å²) >= 11 is 0. The summed E-state index contributed by atoms with van der Waals surface area (Å²) in [6, 6.07) is 10.1. The Morgan fingerprint density at radius 3 is 1.78 bits per heavy atom. The average Bonchev–Trinajstić information content (AvgIpc) is 2.57. The fourth-order valence-electron chi connectivity index (χ4n) is 2.42. The van der Waals surface area contributed by atoms with E-state index < -0.39 is 42.6 Å². The van der Waals surface area contributed by atoms with Crippen LogP contribution in [0.4, 0.5) is 30.7 Å². The zero-order valence-corrected chi connectivity index (χ0v) is 13.6. The van der Waals surface area contributed by atoms with Gasteiger partial charge in [0.2, 0.25) is 0 Å². The molecule has 0 unspecified atom stereocenters. The Kier molecular flexibility index (Phi) is 5.82. The van der Waals surface area contributed by atoms with E-state index in [1.54, 1.807) is 0 Å². The second-order valence-corrected chi connectivity index (χ2v) is 5.77. The Bertz CT molecular complexity index is 751. The van der Waals surface area contributed by atoms with Crippen LogP contribution in [0.25, 0.3) is 0 Å². The summed E-state index contributed by atoms with van der Waals surface area (Å²) in [6.45, 7) is -0.859. The van der Waals surface area contributed by atoms with Gasteiger partial charge in [0.05, 0.1) is 0 Å². The zero-order valence-electron chi connectivity index (χ0n) is 13.6. The van der Waals surface area contributed by atoms with Crippen molar-refractivity contribution in [3.63, 3.8) is 0 Å². The molecular weight excluding hydrogens is 381 g/mol. The summed E-state index contributed by atoms with van der Waals surface area (Å²) in [5.41, 5.74) is -5.00. The number of halogens is 7. The first kappa shape index (κ1) is 20.7. The minimum Gasteiger partial charge on any atom is -0.460 e. The molecule has 0 bridgehead atoms. The minimum absolute atomic E-state index is 0.0442. The van der Waals surface area contributed by atoms with Crippen molar-refractivity contribution in [3.8, 4) is 0 Å². The van der Waals surface area contributed by atoms with Crippen LogP contribution in [0.3, 0.4) is 0 Å². The molecule has 0 saturated carbocycles. The van der Waals surface area contributed by atoms with Crippen LogP contribution in [-0.2, 0) is 22.6 Å². The predicted octanol–water partition coefficient (Wildman–Crippen LogP) is 5.22. The second-order valence-electron chi connectivity index (χ2n) is 5.77. The van der Waals surface area contributed by atoms with Gasteiger partial charge in [-0.2, -0.15) is 26.3 Å². The van der Waals surface area contributed by atoms with Crippen LogP contribution in [0.5, 0.6) is 0 Å². The summed E-state index contributed by atoms with van der Waals surface area (Å²) in [5, 5.41) is 0. The minimum atomic E-state index is -5.94. The van der Waals surface area contributed by atoms with Gasteiger partial charge in [-0.1, -0.05) is 42.5 Å². The maximum atomic E-state index is 13.5. The lowest BCUT2D eigenvalue weighted by Gasteiger charge is -2.35. The van der Waals surface area contributed by atoms with Crippen molar-refractivity contribution in [2.24, 2.45) is 5.41 Å². The topological polar surface area (TPSA) is 26.3 Å². The molecule has 2 rings (SSSR count). The molecule has 2 nitrogen and oxygen atoms in total. The molecule has 0 radical (unpaired) electrons. The van der Waals surface area contributed by atoms with Crippen LogP contribution >= 0.6 is 0 Å². The molecule has 9 heteroatoms. The zero-order chi connectivity index (χ0) is 20.3. The van der Waals surface area contributed by atoms with Crippen LogP contribution < -0.4 is 0 Å². The lowest BCUT2D eigenvalue weighted by molar-refractivity contribution is -0.332. The van der Waals surface area contributed by atoms with Gasteiger partial charge < -0.3 is 4.74 Å². The van der Waals surface area contributed by atoms with E-state index >= 15 is 0 Å². The number of alkyl halides is 6. The van der Waals surface area contributed by atoms with E-state index in [1.165, 1.54) is 18.2 Å². The number of hydrogen-bond acceptors (Lipinski definition) is 2. The summed E-state index contributed by atoms with van der Waals surface area (Å²) in [6.07, 6.45) is -13.5. The fourth-order valence-corrected chi connectivity index (χ4v) is 2.42. The molecule has 0 heterocycles. The Morgan fingerprint density at radius 1 is 0.778 bits per heavy atom. The number of rotatable bonds is 5. The van der Waals surface area contributed by atoms with Crippen molar-refractivity contribution in [1.82, 2.24) is 0 Å². The molecule has 0 amide bonds. The van der Waals surface area contributed by atoms with Crippen molar-refractivity contribution < 1.29 is 40.3 Å². The molecule has 0 spiro atoms. The van der Waals surface area contributed by atoms with E-state index in [-0.39, 0.29) is 11.1 Å². The van der Waals surface area contributed by atoms with Gasteiger partial charge in [-0.3, -0.25) is 4.79 Å². The third-order valence-electron chi connectivity index (χ3n) is 3.91. The standard InChI is InChI=1S/C18H13F7O2/c19-14-8-6-13(7-9-14)11-27-15(26)16(17(20,21)22,18(23,24)25)10-12-4-2-1-3-5-12/h1-9H,10-11H2. The summed E-state index contributed by atoms with van der Waals surface area (Å²) in [7, 11) is 0. The summed E-state index contributed by atoms with van der Waals surface area (Å²) < 4.78 is 98.3. The Labute approximate surface area is 149 Å². The number of benzene rings is 2. The highest BCUT2D eigenvalue weighted by atomic mass is 19.4. The van der Waals surface area contributed by atoms with Crippen molar-refractivity contribution >= 4 is 5.97 Å². The van der Waals surface area contributed by atoms with Gasteiger partial charge in [-0.15, -0.1) is 0 Å². The van der Waals surface area contributed by atoms with Crippen molar-refractivity contribution in [2.75, 3.05) is 0 Å². The summed E-state index contributed by atoms with van der Waals surface area (Å²) in [5.74, 6) is -3.12. The summed E-state index contributed by atoms with van der Waals surface area (Å²) in [4.78, 5) is 12.1. The van der Waals surface area contributed by atoms with E-state index in [1.807, 2.05) is 0 Å². The highest BCUT2D eigenvalue weighted by Gasteiger charge is 2.76. The lowest BCUT2D eigenvalue weighted by Crippen LogP contribution is -2.57. The second kappa shape index (κ2) is 7.58. The fraction of sp³-hybridized carbons (Fsp3) is 0.278. The third-order valence-corrected chi connectivity index (χ3v) is 3.91. The highest BCUT2D eigenvalue weighted by Crippen LogP contribution is 2.53. The number of ether oxygens (including phenoxy) is 1. The monoisotopic (exact) mass is 394 g/mol. The SMILES string of the molecule is O=C(OCc1ccc(F)cc1)C(Cc1ccccc1)(C(F)(F)F)C(F)(F)F. The predicted molar refractivity (Wildman–Crippen MR) is 80.9 cm³/mol. The van der Waals surface area contributed by atoms with Gasteiger partial charge in [0.1, 0.15) is 12.4 Å². The van der Waals surface area contributed by atoms with E-state index in [0.29, 0.717) is 0 Å². The van der Waals surface area contributed by atoms with Gasteiger partial charge in [0.15, 0.2) is 0 Å². The van der Waals surface area contributed by atoms with Crippen LogP contribution in [0.1, 0.15) is 11.1 Å². The molecule has 2 aromatic carbocycles. The maximum absolute atomic E-state index is 13.5. The highest BCUT2D eigenvalue weighted by molar-refractivity contribution is 5.79. The normalized spacial score (nSPS) is 12.7. The van der Waals surface area contributed by atoms with E-state index in [9.17, 15) is 35.5 Å². The quantitative estimate of drug-likeness (QED) is 0.513. The van der Waals surface area contributed by atoms with Crippen LogP contribution in [0, 0.1) is 11.2 Å². The average molecular weight is 394 g/mol. The first-order valence-electron chi connectivity index (χ1n) is 7.56. The molecule has 0 aliphatic heterocycles. The van der Waals surface area contributed by atoms with Gasteiger partial charge >= 0.3 is 18.3 Å². The van der Waals surface area contributed by atoms with Crippen molar-refractivity contribution in [3.05, 3.63) is 71.5 Å². The number of esters is 1. The molecule has 0 aromatic heterocycles. The van der Waals surface area contributed by atoms with Gasteiger partial charge in [0, 0.05) is 6.42 Å². The van der Waals surface area contributed by atoms with Gasteiger partial charge in [-0.05, 0) is 23.3 Å². The first-order chi connectivity index (χ1) is 12.5. The van der Waals surface area contributed by atoms with Gasteiger partial charge in [-0.25, -0.2) is 4.39 Å². The molecule has 0 saturated heterocycles. The largest absolute Gasteiger partial charge is 0.460 e. The molecule has 146 valence electrons. The Morgan fingerprint density at radius 2 is 1.30 bits per heavy atom. The van der Waals surface area contributed by atoms with E-state index in [0.717, 1.165) is 36.4 Å². The molecular formula is C18H13F7O2. The molecule has 0 fully saturated rings. The van der Waals surface area contributed by atoms with Crippen molar-refractivity contribution in [2.45, 2.75) is 25.4 Å². The molecule has 0 N–H and O–H groups in total. The van der Waals surface area contributed by atoms with Crippen molar-refractivity contribution in [1.29, 1.82) is 0 Å². The molecule has 0 atom stereocenters. The molecule has 2 aromatic rings. The first-order valence-corrected chi connectivity index (χ1v) is 7.56. The number of hydrogen-bond donors (Lipinski definition) is 0. The molecule has 27 heavy (non-hydrogen) atoms. The lowest BCUT2D eigenvalue weighted by atomic mass is 9.80. The smallest absolute Gasteiger partial charge is 0.414 e. The Hall–Kier alpha value is -2.58. The van der Waals surface area contributed by atoms with Crippen LogP contribution in [0.2, 0.25) is 0 Å².